The van der Waals surface area contributed by atoms with Crippen LogP contribution in [-0.2, 0) is 26.4 Å². The molecule has 0 fully saturated rings. The zero-order valence-electron chi connectivity index (χ0n) is 13.7. The molecule has 0 aliphatic rings. The number of nitrogens with zero attached hydrogens (tertiary/aromatic N) is 2. The zero-order valence-corrected chi connectivity index (χ0v) is 13.7. The first kappa shape index (κ1) is 15.8. The highest BCUT2D eigenvalue weighted by Crippen LogP contribution is 2.29. The smallest absolute Gasteiger partial charge is 0.0703 e. The summed E-state index contributed by atoms with van der Waals surface area (Å²) >= 11 is 0. The van der Waals surface area contributed by atoms with E-state index in [1.54, 1.807) is 0 Å². The van der Waals surface area contributed by atoms with Gasteiger partial charge >= 0.3 is 0 Å². The fraction of sp³-hybridized carbons (Fsp3) is 0.500. The van der Waals surface area contributed by atoms with Gasteiger partial charge in [0.25, 0.3) is 0 Å². The van der Waals surface area contributed by atoms with E-state index in [2.05, 4.69) is 55.5 Å². The van der Waals surface area contributed by atoms with Crippen LogP contribution in [0.25, 0.3) is 11.1 Å². The van der Waals surface area contributed by atoms with Crippen molar-refractivity contribution in [2.24, 2.45) is 7.05 Å². The molecule has 0 radical (unpaired) electrons. The molecule has 1 N–H and O–H groups in total. The van der Waals surface area contributed by atoms with Gasteiger partial charge in [0.05, 0.1) is 5.69 Å². The maximum atomic E-state index is 4.68. The summed E-state index contributed by atoms with van der Waals surface area (Å²) in [6.45, 7) is 8.58. The number of benzene rings is 1. The summed E-state index contributed by atoms with van der Waals surface area (Å²) < 4.78 is 2.04. The predicted molar refractivity (Wildman–Crippen MR) is 89.4 cm³/mol. The van der Waals surface area contributed by atoms with Gasteiger partial charge in [-0.2, -0.15) is 5.10 Å². The monoisotopic (exact) mass is 285 g/mol. The highest BCUT2D eigenvalue weighted by molar-refractivity contribution is 5.69. The zero-order chi connectivity index (χ0) is 15.2. The summed E-state index contributed by atoms with van der Waals surface area (Å²) in [5.41, 5.74) is 6.50. The molecule has 1 heterocycles. The molecule has 2 rings (SSSR count). The molecule has 0 amide bonds. The fourth-order valence-electron chi connectivity index (χ4n) is 2.85. The third-order valence-electron chi connectivity index (χ3n) is 3.88. The summed E-state index contributed by atoms with van der Waals surface area (Å²) in [5, 5.41) is 8.15. The van der Waals surface area contributed by atoms with Gasteiger partial charge in [-0.25, -0.2) is 0 Å². The van der Waals surface area contributed by atoms with Crippen LogP contribution >= 0.6 is 0 Å². The van der Waals surface area contributed by atoms with Crippen LogP contribution in [0.3, 0.4) is 0 Å². The number of aromatic nitrogens is 2. The van der Waals surface area contributed by atoms with Gasteiger partial charge in [0.1, 0.15) is 0 Å². The van der Waals surface area contributed by atoms with E-state index in [0.717, 1.165) is 25.9 Å². The summed E-state index contributed by atoms with van der Waals surface area (Å²) in [6.07, 6.45) is 3.15. The maximum Gasteiger partial charge on any atom is 0.0703 e. The average molecular weight is 285 g/mol. The van der Waals surface area contributed by atoms with Crippen molar-refractivity contribution in [1.29, 1.82) is 0 Å². The maximum absolute atomic E-state index is 4.68. The van der Waals surface area contributed by atoms with Gasteiger partial charge in [-0.05, 0) is 43.0 Å². The van der Waals surface area contributed by atoms with Gasteiger partial charge in [-0.1, -0.05) is 39.0 Å². The molecule has 2 aromatic rings. The first-order valence-corrected chi connectivity index (χ1v) is 8.05. The van der Waals surface area contributed by atoms with Crippen LogP contribution in [0.4, 0.5) is 0 Å². The van der Waals surface area contributed by atoms with Crippen molar-refractivity contribution in [2.75, 3.05) is 6.54 Å². The number of hydrogen-bond acceptors (Lipinski definition) is 2. The lowest BCUT2D eigenvalue weighted by atomic mass is 9.98. The van der Waals surface area contributed by atoms with Crippen LogP contribution in [0.5, 0.6) is 0 Å². The van der Waals surface area contributed by atoms with E-state index >= 15 is 0 Å². The Bertz CT molecular complexity index is 584. The highest BCUT2D eigenvalue weighted by atomic mass is 15.3. The second-order valence-electron chi connectivity index (χ2n) is 5.48. The molecule has 0 aliphatic heterocycles. The minimum Gasteiger partial charge on any atom is -0.313 e. The Balaban J connectivity index is 2.35. The Kier molecular flexibility index (Phi) is 5.57. The van der Waals surface area contributed by atoms with Crippen LogP contribution in [0.1, 0.15) is 44.1 Å². The second-order valence-corrected chi connectivity index (χ2v) is 5.48. The van der Waals surface area contributed by atoms with Crippen molar-refractivity contribution in [3.05, 3.63) is 41.2 Å². The Labute approximate surface area is 128 Å². The van der Waals surface area contributed by atoms with E-state index in [4.69, 9.17) is 0 Å². The second kappa shape index (κ2) is 7.41. The number of nitrogens with one attached hydrogen (secondary N) is 1. The minimum atomic E-state index is 0.935. The van der Waals surface area contributed by atoms with E-state index in [1.807, 2.05) is 11.7 Å². The lowest BCUT2D eigenvalue weighted by Crippen LogP contribution is -2.13. The van der Waals surface area contributed by atoms with E-state index < -0.39 is 0 Å². The van der Waals surface area contributed by atoms with Gasteiger partial charge in [-0.3, -0.25) is 4.68 Å². The topological polar surface area (TPSA) is 29.9 Å². The summed E-state index contributed by atoms with van der Waals surface area (Å²) in [4.78, 5) is 0. The molecule has 21 heavy (non-hydrogen) atoms. The molecule has 0 atom stereocenters. The van der Waals surface area contributed by atoms with Crippen LogP contribution in [-0.4, -0.2) is 16.3 Å². The number of aryl methyl sites for hydroxylation is 2. The molecule has 0 bridgehead atoms. The quantitative estimate of drug-likeness (QED) is 0.786. The van der Waals surface area contributed by atoms with Crippen molar-refractivity contribution >= 4 is 0 Å². The first-order chi connectivity index (χ1) is 10.2. The Hall–Kier alpha value is -1.61. The van der Waals surface area contributed by atoms with Crippen LogP contribution in [0.15, 0.2) is 24.3 Å². The van der Waals surface area contributed by atoms with E-state index in [0.29, 0.717) is 0 Å². The van der Waals surface area contributed by atoms with E-state index in [1.165, 1.54) is 34.5 Å². The van der Waals surface area contributed by atoms with Crippen LogP contribution < -0.4 is 5.32 Å². The van der Waals surface area contributed by atoms with Crippen molar-refractivity contribution < 1.29 is 0 Å². The molecule has 0 aliphatic carbocycles. The molecule has 0 saturated carbocycles. The Morgan fingerprint density at radius 1 is 1.14 bits per heavy atom. The van der Waals surface area contributed by atoms with Crippen LogP contribution in [0, 0.1) is 0 Å². The first-order valence-electron chi connectivity index (χ1n) is 8.05. The third-order valence-corrected chi connectivity index (χ3v) is 3.88. The van der Waals surface area contributed by atoms with Gasteiger partial charge < -0.3 is 5.32 Å². The van der Waals surface area contributed by atoms with Crippen molar-refractivity contribution in [2.45, 2.75) is 46.6 Å². The fourth-order valence-corrected chi connectivity index (χ4v) is 2.85. The highest BCUT2D eigenvalue weighted by Gasteiger charge is 2.15. The van der Waals surface area contributed by atoms with Crippen molar-refractivity contribution in [3.63, 3.8) is 0 Å². The Morgan fingerprint density at radius 2 is 1.95 bits per heavy atom. The molecule has 3 heteroatoms. The lowest BCUT2D eigenvalue weighted by molar-refractivity contribution is 0.675. The molecule has 0 unspecified atom stereocenters. The molecular weight excluding hydrogens is 258 g/mol. The summed E-state index contributed by atoms with van der Waals surface area (Å²) in [6, 6.07) is 8.86. The predicted octanol–water partition coefficient (Wildman–Crippen LogP) is 3.71. The standard InChI is InChI=1S/C18H27N3/c1-5-11-19-13-14-9-8-10-15(12-14)18-16(6-2)20-21(4)17(18)7-3/h8-10,12,19H,5-7,11,13H2,1-4H3. The summed E-state index contributed by atoms with van der Waals surface area (Å²) in [7, 11) is 2.05. The number of rotatable bonds is 7. The molecule has 0 saturated heterocycles. The van der Waals surface area contributed by atoms with Gasteiger partial charge in [0.2, 0.25) is 0 Å². The number of hydrogen-bond donors (Lipinski definition) is 1. The Morgan fingerprint density at radius 3 is 2.62 bits per heavy atom. The van der Waals surface area contributed by atoms with Crippen LogP contribution in [0.2, 0.25) is 0 Å². The SMILES string of the molecule is CCCNCc1cccc(-c2c(CC)nn(C)c2CC)c1. The van der Waals surface area contributed by atoms with E-state index in [9.17, 15) is 0 Å². The van der Waals surface area contributed by atoms with E-state index in [-0.39, 0.29) is 0 Å². The lowest BCUT2D eigenvalue weighted by Gasteiger charge is -2.09. The molecule has 3 nitrogen and oxygen atoms in total. The van der Waals surface area contributed by atoms with Gasteiger partial charge in [0, 0.05) is 24.8 Å². The van der Waals surface area contributed by atoms with Crippen molar-refractivity contribution in [3.8, 4) is 11.1 Å². The molecule has 1 aromatic carbocycles. The van der Waals surface area contributed by atoms with Gasteiger partial charge in [-0.15, -0.1) is 0 Å². The summed E-state index contributed by atoms with van der Waals surface area (Å²) in [5.74, 6) is 0. The minimum absolute atomic E-state index is 0.935. The average Bonchev–Trinajstić information content (AvgIpc) is 2.83. The third kappa shape index (κ3) is 3.53. The van der Waals surface area contributed by atoms with Crippen molar-refractivity contribution in [1.82, 2.24) is 15.1 Å². The van der Waals surface area contributed by atoms with Gasteiger partial charge in [0.15, 0.2) is 0 Å². The molecule has 0 spiro atoms. The molecule has 114 valence electrons. The normalized spacial score (nSPS) is 11.0. The molecule has 1 aromatic heterocycles. The molecular formula is C18H27N3. The largest absolute Gasteiger partial charge is 0.313 e.